The van der Waals surface area contributed by atoms with Crippen molar-refractivity contribution in [2.24, 2.45) is 0 Å². The summed E-state index contributed by atoms with van der Waals surface area (Å²) < 4.78 is 0. The molecule has 0 aliphatic heterocycles. The molecule has 0 aliphatic carbocycles. The van der Waals surface area contributed by atoms with E-state index < -0.39 is 0 Å². The Morgan fingerprint density at radius 3 is 2.82 bits per heavy atom. The average Bonchev–Trinajstić information content (AvgIpc) is 2.73. The first kappa shape index (κ1) is 12.2. The number of H-pyrrole nitrogens is 1. The van der Waals surface area contributed by atoms with Crippen LogP contribution in [0.15, 0.2) is 30.5 Å². The van der Waals surface area contributed by atoms with Gasteiger partial charge in [-0.25, -0.2) is 0 Å². The zero-order chi connectivity index (χ0) is 12.3. The molecule has 1 heterocycles. The molecule has 1 unspecified atom stereocenters. The number of para-hydroxylation sites is 1. The van der Waals surface area contributed by atoms with Gasteiger partial charge in [0.15, 0.2) is 0 Å². The Kier molecular flexibility index (Phi) is 3.85. The predicted octanol–water partition coefficient (Wildman–Crippen LogP) is 3.44. The topological polar surface area (TPSA) is 19.0 Å². The number of nitrogens with zero attached hydrogens (tertiary/aromatic N) is 1. The zero-order valence-corrected chi connectivity index (χ0v) is 11.0. The molecule has 0 aliphatic rings. The zero-order valence-electron chi connectivity index (χ0n) is 11.0. The number of fused-ring (bicyclic) bond motifs is 1. The van der Waals surface area contributed by atoms with Gasteiger partial charge in [0, 0.05) is 23.1 Å². The summed E-state index contributed by atoms with van der Waals surface area (Å²) in [4.78, 5) is 5.78. The van der Waals surface area contributed by atoms with Crippen molar-refractivity contribution in [2.45, 2.75) is 32.7 Å². The number of hydrogen-bond acceptors (Lipinski definition) is 1. The molecule has 0 radical (unpaired) electrons. The molecular formula is C15H22N2. The maximum absolute atomic E-state index is 3.35. The van der Waals surface area contributed by atoms with Crippen molar-refractivity contribution in [1.29, 1.82) is 0 Å². The van der Waals surface area contributed by atoms with Crippen molar-refractivity contribution in [1.82, 2.24) is 9.88 Å². The molecule has 0 spiro atoms. The van der Waals surface area contributed by atoms with Gasteiger partial charge >= 0.3 is 0 Å². The summed E-state index contributed by atoms with van der Waals surface area (Å²) in [5, 5.41) is 1.37. The summed E-state index contributed by atoms with van der Waals surface area (Å²) in [6.07, 6.45) is 4.48. The van der Waals surface area contributed by atoms with Crippen molar-refractivity contribution in [3.05, 3.63) is 36.0 Å². The lowest BCUT2D eigenvalue weighted by Crippen LogP contribution is -2.31. The summed E-state index contributed by atoms with van der Waals surface area (Å²) in [6.45, 7) is 5.70. The Hall–Kier alpha value is -1.28. The van der Waals surface area contributed by atoms with Crippen LogP contribution in [-0.4, -0.2) is 29.5 Å². The van der Waals surface area contributed by atoms with Gasteiger partial charge in [0.25, 0.3) is 0 Å². The standard InChI is InChI=1S/C15H22N2/c1-4-9-17(3)12(2)10-13-11-16-15-8-6-5-7-14(13)15/h5-8,11-12,16H,4,9-10H2,1-3H3. The van der Waals surface area contributed by atoms with Crippen LogP contribution in [-0.2, 0) is 6.42 Å². The fourth-order valence-electron chi connectivity index (χ4n) is 2.35. The molecule has 0 bridgehead atoms. The van der Waals surface area contributed by atoms with E-state index in [1.165, 1.54) is 29.4 Å². The fraction of sp³-hybridized carbons (Fsp3) is 0.467. The van der Waals surface area contributed by atoms with Gasteiger partial charge in [-0.3, -0.25) is 0 Å². The lowest BCUT2D eigenvalue weighted by Gasteiger charge is -2.23. The van der Waals surface area contributed by atoms with Gasteiger partial charge < -0.3 is 9.88 Å². The normalized spacial score (nSPS) is 13.4. The van der Waals surface area contributed by atoms with E-state index in [4.69, 9.17) is 0 Å². The fourth-order valence-corrected chi connectivity index (χ4v) is 2.35. The first-order valence-corrected chi connectivity index (χ1v) is 6.47. The number of hydrogen-bond donors (Lipinski definition) is 1. The number of rotatable bonds is 5. The highest BCUT2D eigenvalue weighted by Crippen LogP contribution is 2.20. The first-order chi connectivity index (χ1) is 8.22. The van der Waals surface area contributed by atoms with E-state index in [-0.39, 0.29) is 0 Å². The largest absolute Gasteiger partial charge is 0.361 e. The third kappa shape index (κ3) is 2.70. The molecule has 2 heteroatoms. The van der Waals surface area contributed by atoms with E-state index in [9.17, 15) is 0 Å². The monoisotopic (exact) mass is 230 g/mol. The van der Waals surface area contributed by atoms with Gasteiger partial charge in [-0.1, -0.05) is 25.1 Å². The van der Waals surface area contributed by atoms with E-state index >= 15 is 0 Å². The molecule has 1 aromatic carbocycles. The van der Waals surface area contributed by atoms with E-state index in [1.54, 1.807) is 0 Å². The minimum Gasteiger partial charge on any atom is -0.361 e. The molecule has 1 aromatic heterocycles. The molecule has 0 amide bonds. The van der Waals surface area contributed by atoms with Gasteiger partial charge in [-0.05, 0) is 45.0 Å². The van der Waals surface area contributed by atoms with E-state index in [2.05, 4.69) is 61.2 Å². The molecule has 92 valence electrons. The highest BCUT2D eigenvalue weighted by atomic mass is 15.1. The van der Waals surface area contributed by atoms with Gasteiger partial charge in [0.2, 0.25) is 0 Å². The van der Waals surface area contributed by atoms with Gasteiger partial charge in [-0.15, -0.1) is 0 Å². The van der Waals surface area contributed by atoms with Crippen LogP contribution in [0.1, 0.15) is 25.8 Å². The Bertz CT molecular complexity index is 472. The van der Waals surface area contributed by atoms with Crippen LogP contribution < -0.4 is 0 Å². The van der Waals surface area contributed by atoms with E-state index in [1.807, 2.05) is 0 Å². The van der Waals surface area contributed by atoms with E-state index in [0.717, 1.165) is 6.42 Å². The summed E-state index contributed by atoms with van der Waals surface area (Å²) in [5.41, 5.74) is 2.67. The molecule has 0 saturated carbocycles. The third-order valence-corrected chi connectivity index (χ3v) is 3.52. The minimum atomic E-state index is 0.592. The lowest BCUT2D eigenvalue weighted by atomic mass is 10.1. The van der Waals surface area contributed by atoms with Crippen LogP contribution in [0.5, 0.6) is 0 Å². The highest BCUT2D eigenvalue weighted by molar-refractivity contribution is 5.83. The predicted molar refractivity (Wildman–Crippen MR) is 74.4 cm³/mol. The van der Waals surface area contributed by atoms with Crippen LogP contribution in [0.3, 0.4) is 0 Å². The number of benzene rings is 1. The van der Waals surface area contributed by atoms with Gasteiger partial charge in [-0.2, -0.15) is 0 Å². The number of nitrogens with one attached hydrogen (secondary N) is 1. The number of likely N-dealkylation sites (N-methyl/N-ethyl adjacent to an activating group) is 1. The van der Waals surface area contributed by atoms with Crippen molar-refractivity contribution in [3.8, 4) is 0 Å². The summed E-state index contributed by atoms with van der Waals surface area (Å²) in [5.74, 6) is 0. The van der Waals surface area contributed by atoms with Crippen molar-refractivity contribution < 1.29 is 0 Å². The maximum atomic E-state index is 3.35. The van der Waals surface area contributed by atoms with Crippen LogP contribution in [0.25, 0.3) is 10.9 Å². The lowest BCUT2D eigenvalue weighted by molar-refractivity contribution is 0.257. The smallest absolute Gasteiger partial charge is 0.0456 e. The molecule has 1 N–H and O–H groups in total. The molecule has 17 heavy (non-hydrogen) atoms. The Balaban J connectivity index is 2.13. The van der Waals surface area contributed by atoms with E-state index in [0.29, 0.717) is 6.04 Å². The number of aromatic amines is 1. The molecular weight excluding hydrogens is 208 g/mol. The van der Waals surface area contributed by atoms with Gasteiger partial charge in [0.1, 0.15) is 0 Å². The highest BCUT2D eigenvalue weighted by Gasteiger charge is 2.11. The molecule has 0 fully saturated rings. The molecule has 2 nitrogen and oxygen atoms in total. The first-order valence-electron chi connectivity index (χ1n) is 6.47. The Labute approximate surface area is 104 Å². The minimum absolute atomic E-state index is 0.592. The van der Waals surface area contributed by atoms with Crippen molar-refractivity contribution >= 4 is 10.9 Å². The van der Waals surface area contributed by atoms with Gasteiger partial charge in [0.05, 0.1) is 0 Å². The van der Waals surface area contributed by atoms with Crippen molar-refractivity contribution in [2.75, 3.05) is 13.6 Å². The average molecular weight is 230 g/mol. The second-order valence-electron chi connectivity index (χ2n) is 4.89. The SMILES string of the molecule is CCCN(C)C(C)Cc1c[nH]c2ccccc12. The molecule has 2 aromatic rings. The quantitative estimate of drug-likeness (QED) is 0.833. The van der Waals surface area contributed by atoms with Crippen LogP contribution in [0.2, 0.25) is 0 Å². The Morgan fingerprint density at radius 2 is 2.06 bits per heavy atom. The molecule has 0 saturated heterocycles. The third-order valence-electron chi connectivity index (χ3n) is 3.52. The van der Waals surface area contributed by atoms with Crippen LogP contribution in [0, 0.1) is 0 Å². The second-order valence-corrected chi connectivity index (χ2v) is 4.89. The summed E-state index contributed by atoms with van der Waals surface area (Å²) >= 11 is 0. The maximum Gasteiger partial charge on any atom is 0.0456 e. The number of aromatic nitrogens is 1. The van der Waals surface area contributed by atoms with Crippen molar-refractivity contribution in [3.63, 3.8) is 0 Å². The van der Waals surface area contributed by atoms with Crippen LogP contribution in [0.4, 0.5) is 0 Å². The van der Waals surface area contributed by atoms with Crippen LogP contribution >= 0.6 is 0 Å². The summed E-state index contributed by atoms with van der Waals surface area (Å²) in [7, 11) is 2.21. The molecule has 1 atom stereocenters. The second kappa shape index (κ2) is 5.37. The summed E-state index contributed by atoms with van der Waals surface area (Å²) in [6, 6.07) is 9.12. The Morgan fingerprint density at radius 1 is 1.29 bits per heavy atom. The molecule has 2 rings (SSSR count).